The van der Waals surface area contributed by atoms with Crippen molar-refractivity contribution in [3.63, 3.8) is 0 Å². The van der Waals surface area contributed by atoms with Crippen LogP contribution in [-0.2, 0) is 0 Å². The van der Waals surface area contributed by atoms with Crippen molar-refractivity contribution in [1.29, 1.82) is 0 Å². The van der Waals surface area contributed by atoms with Crippen molar-refractivity contribution in [1.82, 2.24) is 0 Å². The zero-order chi connectivity index (χ0) is 13.0. The van der Waals surface area contributed by atoms with Gasteiger partial charge in [0.2, 0.25) is 0 Å². The van der Waals surface area contributed by atoms with Gasteiger partial charge in [-0.2, -0.15) is 0 Å². The van der Waals surface area contributed by atoms with E-state index in [0.717, 1.165) is 18.6 Å². The van der Waals surface area contributed by atoms with Gasteiger partial charge in [0.05, 0.1) is 12.3 Å². The van der Waals surface area contributed by atoms with Crippen molar-refractivity contribution < 1.29 is 4.74 Å². The quantitative estimate of drug-likeness (QED) is 0.890. The predicted molar refractivity (Wildman–Crippen MR) is 76.2 cm³/mol. The summed E-state index contributed by atoms with van der Waals surface area (Å²) in [5.41, 5.74) is 7.16. The van der Waals surface area contributed by atoms with Crippen LogP contribution in [0.25, 0.3) is 0 Å². The maximum Gasteiger partial charge on any atom is 0.142 e. The molecule has 2 rings (SSSR count). The van der Waals surface area contributed by atoms with Gasteiger partial charge in [-0.3, -0.25) is 0 Å². The molecule has 0 heterocycles. The van der Waals surface area contributed by atoms with Crippen LogP contribution in [0.2, 0.25) is 0 Å². The first-order valence-corrected chi connectivity index (χ1v) is 6.92. The third-order valence-corrected chi connectivity index (χ3v) is 3.83. The highest BCUT2D eigenvalue weighted by molar-refractivity contribution is 5.58. The molecule has 0 spiro atoms. The van der Waals surface area contributed by atoms with Crippen LogP contribution in [0.1, 0.15) is 32.6 Å². The van der Waals surface area contributed by atoms with Crippen molar-refractivity contribution in [2.75, 3.05) is 18.6 Å². The Morgan fingerprint density at radius 2 is 1.89 bits per heavy atom. The molecule has 3 nitrogen and oxygen atoms in total. The van der Waals surface area contributed by atoms with Crippen molar-refractivity contribution >= 4 is 5.69 Å². The molecule has 1 aromatic rings. The SMILES string of the molecule is CCOc1ccccc1N(C)C1CCC(N)CC1. The van der Waals surface area contributed by atoms with Crippen LogP contribution in [0, 0.1) is 0 Å². The summed E-state index contributed by atoms with van der Waals surface area (Å²) < 4.78 is 5.70. The fourth-order valence-corrected chi connectivity index (χ4v) is 2.71. The largest absolute Gasteiger partial charge is 0.492 e. The molecule has 3 heteroatoms. The van der Waals surface area contributed by atoms with Gasteiger partial charge in [-0.25, -0.2) is 0 Å². The molecule has 0 bridgehead atoms. The lowest BCUT2D eigenvalue weighted by atomic mass is 9.90. The highest BCUT2D eigenvalue weighted by atomic mass is 16.5. The van der Waals surface area contributed by atoms with E-state index in [4.69, 9.17) is 10.5 Å². The molecule has 1 fully saturated rings. The standard InChI is InChI=1S/C15H24N2O/c1-3-18-15-7-5-4-6-14(15)17(2)13-10-8-12(16)9-11-13/h4-7,12-13H,3,8-11,16H2,1-2H3. The van der Waals surface area contributed by atoms with Gasteiger partial charge in [0.1, 0.15) is 5.75 Å². The Kier molecular flexibility index (Phi) is 4.48. The molecule has 0 aromatic heterocycles. The van der Waals surface area contributed by atoms with Crippen LogP contribution in [0.15, 0.2) is 24.3 Å². The van der Waals surface area contributed by atoms with Gasteiger partial charge < -0.3 is 15.4 Å². The summed E-state index contributed by atoms with van der Waals surface area (Å²) in [6.45, 7) is 2.73. The normalized spacial score (nSPS) is 23.7. The van der Waals surface area contributed by atoms with E-state index in [9.17, 15) is 0 Å². The molecule has 0 saturated heterocycles. The Bertz CT molecular complexity index is 373. The molecule has 0 atom stereocenters. The minimum absolute atomic E-state index is 0.400. The van der Waals surface area contributed by atoms with E-state index in [1.807, 2.05) is 19.1 Å². The molecule has 0 unspecified atom stereocenters. The maximum atomic E-state index is 5.97. The second-order valence-electron chi connectivity index (χ2n) is 5.08. The summed E-state index contributed by atoms with van der Waals surface area (Å²) >= 11 is 0. The molecule has 0 radical (unpaired) electrons. The number of rotatable bonds is 4. The molecule has 1 aliphatic rings. The van der Waals surface area contributed by atoms with Crippen LogP contribution in [0.4, 0.5) is 5.69 Å². The van der Waals surface area contributed by atoms with Gasteiger partial charge in [0.15, 0.2) is 0 Å². The van der Waals surface area contributed by atoms with E-state index in [2.05, 4.69) is 24.1 Å². The number of para-hydroxylation sites is 2. The van der Waals surface area contributed by atoms with E-state index in [1.165, 1.54) is 18.5 Å². The summed E-state index contributed by atoms with van der Waals surface area (Å²) in [7, 11) is 2.17. The summed E-state index contributed by atoms with van der Waals surface area (Å²) in [6, 6.07) is 9.27. The fraction of sp³-hybridized carbons (Fsp3) is 0.600. The monoisotopic (exact) mass is 248 g/mol. The fourth-order valence-electron chi connectivity index (χ4n) is 2.71. The number of hydrogen-bond acceptors (Lipinski definition) is 3. The van der Waals surface area contributed by atoms with E-state index in [0.29, 0.717) is 18.7 Å². The molecule has 2 N–H and O–H groups in total. The molecular weight excluding hydrogens is 224 g/mol. The first kappa shape index (κ1) is 13.2. The second kappa shape index (κ2) is 6.10. The lowest BCUT2D eigenvalue weighted by Crippen LogP contribution is -2.38. The van der Waals surface area contributed by atoms with Crippen molar-refractivity contribution in [3.8, 4) is 5.75 Å². The van der Waals surface area contributed by atoms with Crippen LogP contribution >= 0.6 is 0 Å². The van der Waals surface area contributed by atoms with Gasteiger partial charge in [-0.15, -0.1) is 0 Å². The number of nitrogens with two attached hydrogens (primary N) is 1. The number of ether oxygens (including phenoxy) is 1. The number of hydrogen-bond donors (Lipinski definition) is 1. The van der Waals surface area contributed by atoms with Crippen LogP contribution < -0.4 is 15.4 Å². The number of benzene rings is 1. The average molecular weight is 248 g/mol. The smallest absolute Gasteiger partial charge is 0.142 e. The lowest BCUT2D eigenvalue weighted by Gasteiger charge is -2.35. The van der Waals surface area contributed by atoms with Crippen molar-refractivity contribution in [2.45, 2.75) is 44.7 Å². The Morgan fingerprint density at radius 1 is 1.22 bits per heavy atom. The van der Waals surface area contributed by atoms with E-state index in [1.54, 1.807) is 0 Å². The molecular formula is C15H24N2O. The van der Waals surface area contributed by atoms with Crippen LogP contribution in [0.3, 0.4) is 0 Å². The summed E-state index contributed by atoms with van der Waals surface area (Å²) in [4.78, 5) is 2.36. The number of anilines is 1. The van der Waals surface area contributed by atoms with Gasteiger partial charge in [-0.1, -0.05) is 12.1 Å². The zero-order valence-electron chi connectivity index (χ0n) is 11.4. The van der Waals surface area contributed by atoms with Crippen LogP contribution in [-0.4, -0.2) is 25.7 Å². The van der Waals surface area contributed by atoms with E-state index >= 15 is 0 Å². The third kappa shape index (κ3) is 2.96. The van der Waals surface area contributed by atoms with E-state index in [-0.39, 0.29) is 0 Å². The van der Waals surface area contributed by atoms with Gasteiger partial charge in [0, 0.05) is 19.1 Å². The van der Waals surface area contributed by atoms with Crippen LogP contribution in [0.5, 0.6) is 5.75 Å². The van der Waals surface area contributed by atoms with Crippen molar-refractivity contribution in [2.24, 2.45) is 5.73 Å². The topological polar surface area (TPSA) is 38.5 Å². The minimum Gasteiger partial charge on any atom is -0.492 e. The van der Waals surface area contributed by atoms with E-state index < -0.39 is 0 Å². The van der Waals surface area contributed by atoms with Gasteiger partial charge >= 0.3 is 0 Å². The Morgan fingerprint density at radius 3 is 2.56 bits per heavy atom. The second-order valence-corrected chi connectivity index (χ2v) is 5.08. The molecule has 0 aliphatic heterocycles. The molecule has 1 saturated carbocycles. The summed E-state index contributed by atoms with van der Waals surface area (Å²) in [5.74, 6) is 0.984. The molecule has 0 amide bonds. The Balaban J connectivity index is 2.10. The molecule has 18 heavy (non-hydrogen) atoms. The summed E-state index contributed by atoms with van der Waals surface area (Å²) in [6.07, 6.45) is 4.62. The Hall–Kier alpha value is -1.22. The molecule has 1 aromatic carbocycles. The zero-order valence-corrected chi connectivity index (χ0v) is 11.4. The van der Waals surface area contributed by atoms with Gasteiger partial charge in [0.25, 0.3) is 0 Å². The Labute approximate surface area is 110 Å². The highest BCUT2D eigenvalue weighted by Gasteiger charge is 2.23. The summed E-state index contributed by atoms with van der Waals surface area (Å²) in [5, 5.41) is 0. The first-order chi connectivity index (χ1) is 8.72. The highest BCUT2D eigenvalue weighted by Crippen LogP contribution is 2.32. The molecule has 1 aliphatic carbocycles. The van der Waals surface area contributed by atoms with Gasteiger partial charge in [-0.05, 0) is 44.7 Å². The number of nitrogens with zero attached hydrogens (tertiary/aromatic N) is 1. The first-order valence-electron chi connectivity index (χ1n) is 6.92. The lowest BCUT2D eigenvalue weighted by molar-refractivity contribution is 0.336. The van der Waals surface area contributed by atoms with Crippen molar-refractivity contribution in [3.05, 3.63) is 24.3 Å². The molecule has 100 valence electrons. The average Bonchev–Trinajstić information content (AvgIpc) is 2.40. The predicted octanol–water partition coefficient (Wildman–Crippen LogP) is 2.79. The third-order valence-electron chi connectivity index (χ3n) is 3.83. The minimum atomic E-state index is 0.400. The maximum absolute atomic E-state index is 5.97.